The summed E-state index contributed by atoms with van der Waals surface area (Å²) in [5, 5.41) is 1.90. The fraction of sp³-hybridized carbons (Fsp3) is 0.333. The van der Waals surface area contributed by atoms with Crippen LogP contribution >= 0.6 is 11.3 Å². The minimum absolute atomic E-state index is 0.0349. The smallest absolute Gasteiger partial charge is 0.222 e. The highest BCUT2D eigenvalue weighted by Crippen LogP contribution is 2.17. The number of ketones is 1. The Morgan fingerprint density at radius 3 is 2.60 bits per heavy atom. The first-order valence-electron chi connectivity index (χ1n) is 6.43. The summed E-state index contributed by atoms with van der Waals surface area (Å²) in [5.41, 5.74) is 1.67. The number of carbonyl (C=O) groups excluding carboxylic acids is 2. The molecular weight excluding hydrogens is 272 g/mol. The Morgan fingerprint density at radius 1 is 1.25 bits per heavy atom. The summed E-state index contributed by atoms with van der Waals surface area (Å²) in [7, 11) is 5.37. The molecule has 2 aromatic heterocycles. The molecule has 2 aromatic rings. The van der Waals surface area contributed by atoms with E-state index < -0.39 is 0 Å². The summed E-state index contributed by atoms with van der Waals surface area (Å²) < 4.78 is 1.88. The van der Waals surface area contributed by atoms with Crippen LogP contribution in [0.3, 0.4) is 0 Å². The number of aromatic nitrogens is 1. The average Bonchev–Trinajstić information content (AvgIpc) is 3.05. The molecule has 2 heterocycles. The molecule has 2 rings (SSSR count). The van der Waals surface area contributed by atoms with E-state index in [1.807, 2.05) is 41.3 Å². The van der Waals surface area contributed by atoms with Gasteiger partial charge in [-0.25, -0.2) is 0 Å². The van der Waals surface area contributed by atoms with Gasteiger partial charge in [-0.05, 0) is 30.0 Å². The molecule has 0 aliphatic rings. The summed E-state index contributed by atoms with van der Waals surface area (Å²) in [5.74, 6) is 0.130. The van der Waals surface area contributed by atoms with Gasteiger partial charge in [0.15, 0.2) is 0 Å². The number of amides is 1. The van der Waals surface area contributed by atoms with Crippen molar-refractivity contribution in [1.82, 2.24) is 9.47 Å². The second-order valence-corrected chi connectivity index (χ2v) is 5.81. The standard InChI is InChI=1S/C15H18N2O2S/c1-16(2)14(18)9-7-11-6-8-12(17(11)3)15(19)13-5-4-10-20-13/h4-6,8,10H,7,9H2,1-3H3. The van der Waals surface area contributed by atoms with Crippen LogP contribution < -0.4 is 0 Å². The van der Waals surface area contributed by atoms with Gasteiger partial charge in [0.2, 0.25) is 11.7 Å². The fourth-order valence-corrected chi connectivity index (χ4v) is 2.70. The highest BCUT2D eigenvalue weighted by Gasteiger charge is 2.16. The Kier molecular flexibility index (Phi) is 4.39. The normalized spacial score (nSPS) is 10.6. The molecule has 0 saturated carbocycles. The van der Waals surface area contributed by atoms with Crippen molar-refractivity contribution in [1.29, 1.82) is 0 Å². The van der Waals surface area contributed by atoms with E-state index in [0.29, 0.717) is 18.5 Å². The van der Waals surface area contributed by atoms with Crippen molar-refractivity contribution in [3.63, 3.8) is 0 Å². The lowest BCUT2D eigenvalue weighted by molar-refractivity contribution is -0.128. The molecule has 0 N–H and O–H groups in total. The minimum Gasteiger partial charge on any atom is -0.349 e. The van der Waals surface area contributed by atoms with Crippen molar-refractivity contribution in [2.24, 2.45) is 7.05 Å². The number of thiophene rings is 1. The first-order valence-corrected chi connectivity index (χ1v) is 7.31. The van der Waals surface area contributed by atoms with Gasteiger partial charge in [-0.1, -0.05) is 6.07 Å². The van der Waals surface area contributed by atoms with Gasteiger partial charge in [-0.3, -0.25) is 9.59 Å². The van der Waals surface area contributed by atoms with E-state index in [2.05, 4.69) is 0 Å². The van der Waals surface area contributed by atoms with Crippen LogP contribution in [0.4, 0.5) is 0 Å². The zero-order chi connectivity index (χ0) is 14.7. The molecule has 106 valence electrons. The van der Waals surface area contributed by atoms with E-state index in [1.54, 1.807) is 19.0 Å². The van der Waals surface area contributed by atoms with E-state index in [4.69, 9.17) is 0 Å². The number of aryl methyl sites for hydroxylation is 1. The van der Waals surface area contributed by atoms with Gasteiger partial charge in [0.1, 0.15) is 0 Å². The molecular formula is C15H18N2O2S. The van der Waals surface area contributed by atoms with Gasteiger partial charge in [0.05, 0.1) is 10.6 Å². The SMILES string of the molecule is CN(C)C(=O)CCc1ccc(C(=O)c2cccs2)n1C. The van der Waals surface area contributed by atoms with Crippen LogP contribution in [0.5, 0.6) is 0 Å². The van der Waals surface area contributed by atoms with Crippen molar-refractivity contribution >= 4 is 23.0 Å². The predicted octanol–water partition coefficient (Wildman–Crippen LogP) is 2.34. The summed E-state index contributed by atoms with van der Waals surface area (Å²) in [6, 6.07) is 7.45. The quantitative estimate of drug-likeness (QED) is 0.793. The van der Waals surface area contributed by atoms with Crippen molar-refractivity contribution in [3.8, 4) is 0 Å². The van der Waals surface area contributed by atoms with Crippen LogP contribution in [-0.4, -0.2) is 35.3 Å². The van der Waals surface area contributed by atoms with Gasteiger partial charge < -0.3 is 9.47 Å². The number of hydrogen-bond acceptors (Lipinski definition) is 3. The Morgan fingerprint density at radius 2 is 2.00 bits per heavy atom. The van der Waals surface area contributed by atoms with Crippen molar-refractivity contribution < 1.29 is 9.59 Å². The van der Waals surface area contributed by atoms with Gasteiger partial charge in [-0.2, -0.15) is 0 Å². The number of nitrogens with zero attached hydrogens (tertiary/aromatic N) is 2. The Bertz CT molecular complexity index is 612. The third kappa shape index (κ3) is 2.99. The lowest BCUT2D eigenvalue weighted by atomic mass is 10.2. The maximum atomic E-state index is 12.3. The second kappa shape index (κ2) is 6.05. The van der Waals surface area contributed by atoms with Crippen molar-refractivity contribution in [2.75, 3.05) is 14.1 Å². The van der Waals surface area contributed by atoms with Crippen molar-refractivity contribution in [2.45, 2.75) is 12.8 Å². The molecule has 0 spiro atoms. The molecule has 5 heteroatoms. The van der Waals surface area contributed by atoms with Crippen LogP contribution in [0.25, 0.3) is 0 Å². The highest BCUT2D eigenvalue weighted by atomic mass is 32.1. The lowest BCUT2D eigenvalue weighted by Crippen LogP contribution is -2.22. The van der Waals surface area contributed by atoms with Crippen LogP contribution in [0, 0.1) is 0 Å². The first kappa shape index (κ1) is 14.5. The third-order valence-corrected chi connectivity index (χ3v) is 4.17. The molecule has 0 unspecified atom stereocenters. The summed E-state index contributed by atoms with van der Waals surface area (Å²) in [6.45, 7) is 0. The Labute approximate surface area is 122 Å². The fourth-order valence-electron chi connectivity index (χ4n) is 2.03. The van der Waals surface area contributed by atoms with Gasteiger partial charge in [-0.15, -0.1) is 11.3 Å². The first-order chi connectivity index (χ1) is 9.50. The molecule has 0 atom stereocenters. The van der Waals surface area contributed by atoms with E-state index in [-0.39, 0.29) is 11.7 Å². The molecule has 0 aliphatic carbocycles. The maximum absolute atomic E-state index is 12.3. The molecule has 0 fully saturated rings. The zero-order valence-electron chi connectivity index (χ0n) is 11.9. The van der Waals surface area contributed by atoms with Crippen molar-refractivity contribution in [3.05, 3.63) is 45.9 Å². The molecule has 1 amide bonds. The van der Waals surface area contributed by atoms with Crippen LogP contribution in [0.2, 0.25) is 0 Å². The van der Waals surface area contributed by atoms with Crippen LogP contribution in [-0.2, 0) is 18.3 Å². The predicted molar refractivity (Wildman–Crippen MR) is 80.2 cm³/mol. The summed E-state index contributed by atoms with van der Waals surface area (Å²) in [6.07, 6.45) is 1.10. The maximum Gasteiger partial charge on any atom is 0.222 e. The van der Waals surface area contributed by atoms with E-state index in [9.17, 15) is 9.59 Å². The second-order valence-electron chi connectivity index (χ2n) is 4.86. The number of rotatable bonds is 5. The monoisotopic (exact) mass is 290 g/mol. The van der Waals surface area contributed by atoms with Crippen LogP contribution in [0.1, 0.15) is 27.5 Å². The molecule has 0 bridgehead atoms. The number of hydrogen-bond donors (Lipinski definition) is 0. The molecule has 0 saturated heterocycles. The summed E-state index contributed by atoms with van der Waals surface area (Å²) in [4.78, 5) is 26.2. The minimum atomic E-state index is 0.0349. The van der Waals surface area contributed by atoms with Crippen LogP contribution in [0.15, 0.2) is 29.6 Å². The zero-order valence-corrected chi connectivity index (χ0v) is 12.7. The average molecular weight is 290 g/mol. The van der Waals surface area contributed by atoms with E-state index >= 15 is 0 Å². The molecule has 0 radical (unpaired) electrons. The largest absolute Gasteiger partial charge is 0.349 e. The van der Waals surface area contributed by atoms with E-state index in [1.165, 1.54) is 11.3 Å². The molecule has 0 aromatic carbocycles. The Hall–Kier alpha value is -1.88. The molecule has 0 aliphatic heterocycles. The van der Waals surface area contributed by atoms with E-state index in [0.717, 1.165) is 10.6 Å². The molecule has 4 nitrogen and oxygen atoms in total. The highest BCUT2D eigenvalue weighted by molar-refractivity contribution is 7.12. The molecule has 20 heavy (non-hydrogen) atoms. The van der Waals surface area contributed by atoms with Gasteiger partial charge in [0, 0.05) is 33.3 Å². The topological polar surface area (TPSA) is 42.3 Å². The van der Waals surface area contributed by atoms with Gasteiger partial charge in [0.25, 0.3) is 0 Å². The Balaban J connectivity index is 2.11. The lowest BCUT2D eigenvalue weighted by Gasteiger charge is -2.10. The number of carbonyl (C=O) groups is 2. The summed E-state index contributed by atoms with van der Waals surface area (Å²) >= 11 is 1.44. The third-order valence-electron chi connectivity index (χ3n) is 3.30. The van der Waals surface area contributed by atoms with Gasteiger partial charge >= 0.3 is 0 Å².